The first-order valence-corrected chi connectivity index (χ1v) is 5.96. The van der Waals surface area contributed by atoms with Gasteiger partial charge in [-0.3, -0.25) is 9.59 Å². The van der Waals surface area contributed by atoms with Gasteiger partial charge in [0.05, 0.1) is 0 Å². The van der Waals surface area contributed by atoms with E-state index in [0.29, 0.717) is 18.7 Å². The first-order chi connectivity index (χ1) is 7.20. The fraction of sp³-hybridized carbons (Fsp3) is 0.800. The molecule has 86 valence electrons. The summed E-state index contributed by atoms with van der Waals surface area (Å²) in [4.78, 5) is 25.0. The number of hydrogen-bond donors (Lipinski definition) is 2. The molecule has 0 aromatic carbocycles. The number of piperidine rings is 1. The molecule has 1 atom stereocenters. The van der Waals surface area contributed by atoms with Gasteiger partial charge < -0.3 is 10.2 Å². The summed E-state index contributed by atoms with van der Waals surface area (Å²) in [5.41, 5.74) is 0. The molecule has 15 heavy (non-hydrogen) atoms. The summed E-state index contributed by atoms with van der Waals surface area (Å²) in [7, 11) is 1.61. The maximum absolute atomic E-state index is 11.7. The van der Waals surface area contributed by atoms with E-state index in [0.717, 1.165) is 19.3 Å². The zero-order valence-electron chi connectivity index (χ0n) is 9.03. The summed E-state index contributed by atoms with van der Waals surface area (Å²) < 4.78 is 0. The van der Waals surface area contributed by atoms with Crippen LogP contribution in [0, 0.1) is 0 Å². The van der Waals surface area contributed by atoms with Gasteiger partial charge in [-0.1, -0.05) is 0 Å². The number of nitrogens with one attached hydrogen (secondary N) is 1. The van der Waals surface area contributed by atoms with Gasteiger partial charge in [-0.25, -0.2) is 0 Å². The van der Waals surface area contributed by atoms with Crippen molar-refractivity contribution in [3.63, 3.8) is 0 Å². The Bertz CT molecular complexity index is 246. The zero-order chi connectivity index (χ0) is 11.3. The van der Waals surface area contributed by atoms with Gasteiger partial charge >= 0.3 is 0 Å². The Morgan fingerprint density at radius 3 is 2.80 bits per heavy atom. The Hall–Kier alpha value is -0.710. The third kappa shape index (κ3) is 3.12. The van der Waals surface area contributed by atoms with E-state index >= 15 is 0 Å². The quantitative estimate of drug-likeness (QED) is 0.691. The minimum absolute atomic E-state index is 0.0401. The number of rotatable bonds is 3. The molecule has 0 spiro atoms. The zero-order valence-corrected chi connectivity index (χ0v) is 9.93. The Morgan fingerprint density at radius 1 is 1.47 bits per heavy atom. The molecule has 2 amide bonds. The van der Waals surface area contributed by atoms with E-state index in [9.17, 15) is 9.59 Å². The van der Waals surface area contributed by atoms with Crippen LogP contribution in [-0.2, 0) is 9.59 Å². The van der Waals surface area contributed by atoms with E-state index in [4.69, 9.17) is 0 Å². The molecule has 1 rings (SSSR count). The Balaban J connectivity index is 2.65. The van der Waals surface area contributed by atoms with E-state index in [2.05, 4.69) is 17.9 Å². The third-order valence-electron chi connectivity index (χ3n) is 2.70. The van der Waals surface area contributed by atoms with Crippen LogP contribution >= 0.6 is 12.6 Å². The smallest absolute Gasteiger partial charge is 0.242 e. The molecule has 1 fully saturated rings. The van der Waals surface area contributed by atoms with E-state index in [1.165, 1.54) is 0 Å². The van der Waals surface area contributed by atoms with Crippen molar-refractivity contribution in [1.82, 2.24) is 10.2 Å². The lowest BCUT2D eigenvalue weighted by molar-refractivity contribution is -0.141. The fourth-order valence-corrected chi connectivity index (χ4v) is 2.10. The minimum atomic E-state index is -0.267. The number of likely N-dealkylation sites (N-methyl/N-ethyl adjacent to an activating group) is 1. The monoisotopic (exact) mass is 230 g/mol. The molecule has 1 unspecified atom stereocenters. The van der Waals surface area contributed by atoms with Gasteiger partial charge in [0.25, 0.3) is 0 Å². The Kier molecular flexibility index (Phi) is 4.94. The molecule has 0 aliphatic carbocycles. The van der Waals surface area contributed by atoms with Crippen LogP contribution in [0.15, 0.2) is 0 Å². The van der Waals surface area contributed by atoms with Crippen molar-refractivity contribution in [2.45, 2.75) is 31.7 Å². The molecular formula is C10H18N2O2S. The summed E-state index contributed by atoms with van der Waals surface area (Å²) in [5, 5.41) is 2.61. The maximum Gasteiger partial charge on any atom is 0.242 e. The van der Waals surface area contributed by atoms with E-state index in [-0.39, 0.29) is 17.9 Å². The van der Waals surface area contributed by atoms with Crippen LogP contribution in [0.2, 0.25) is 0 Å². The van der Waals surface area contributed by atoms with Crippen LogP contribution in [-0.4, -0.2) is 42.1 Å². The van der Waals surface area contributed by atoms with Gasteiger partial charge in [0.1, 0.15) is 6.04 Å². The maximum atomic E-state index is 11.7. The molecule has 4 nitrogen and oxygen atoms in total. The molecule has 5 heteroatoms. The van der Waals surface area contributed by atoms with Crippen LogP contribution in [0.5, 0.6) is 0 Å². The van der Waals surface area contributed by atoms with Crippen LogP contribution < -0.4 is 5.32 Å². The second-order valence-corrected chi connectivity index (χ2v) is 4.13. The van der Waals surface area contributed by atoms with E-state index < -0.39 is 0 Å². The molecule has 0 radical (unpaired) electrons. The highest BCUT2D eigenvalue weighted by Crippen LogP contribution is 2.18. The number of amides is 2. The summed E-state index contributed by atoms with van der Waals surface area (Å²) in [6.07, 6.45) is 3.20. The van der Waals surface area contributed by atoms with Gasteiger partial charge in [-0.2, -0.15) is 12.6 Å². The van der Waals surface area contributed by atoms with Crippen LogP contribution in [0.25, 0.3) is 0 Å². The van der Waals surface area contributed by atoms with Crippen molar-refractivity contribution >= 4 is 24.4 Å². The summed E-state index contributed by atoms with van der Waals surface area (Å²) in [6.45, 7) is 0.699. The fourth-order valence-electron chi connectivity index (χ4n) is 1.91. The first-order valence-electron chi connectivity index (χ1n) is 5.32. The van der Waals surface area contributed by atoms with Crippen molar-refractivity contribution < 1.29 is 9.59 Å². The lowest BCUT2D eigenvalue weighted by atomic mass is 10.0. The summed E-state index contributed by atoms with van der Waals surface area (Å²) in [6, 6.07) is -0.267. The Labute approximate surface area is 95.8 Å². The van der Waals surface area contributed by atoms with Gasteiger partial charge in [0.15, 0.2) is 0 Å². The SMILES string of the molecule is CNC(=O)C1CCCCN1C(=O)CCS. The second kappa shape index (κ2) is 6.00. The molecule has 1 N–H and O–H groups in total. The van der Waals surface area contributed by atoms with Gasteiger partial charge in [-0.05, 0) is 25.0 Å². The Morgan fingerprint density at radius 2 is 2.20 bits per heavy atom. The van der Waals surface area contributed by atoms with Crippen molar-refractivity contribution in [2.24, 2.45) is 0 Å². The van der Waals surface area contributed by atoms with Crippen molar-refractivity contribution in [3.05, 3.63) is 0 Å². The standard InChI is InChI=1S/C10H18N2O2S/c1-11-10(14)8-4-2-3-6-12(8)9(13)5-7-15/h8,15H,2-7H2,1H3,(H,11,14). The number of likely N-dealkylation sites (tertiary alicyclic amines) is 1. The number of hydrogen-bond acceptors (Lipinski definition) is 3. The number of nitrogens with zero attached hydrogens (tertiary/aromatic N) is 1. The molecule has 1 heterocycles. The largest absolute Gasteiger partial charge is 0.357 e. The molecule has 1 aliphatic rings. The number of carbonyl (C=O) groups is 2. The molecule has 0 saturated carbocycles. The molecule has 1 aliphatic heterocycles. The van der Waals surface area contributed by atoms with Gasteiger partial charge in [-0.15, -0.1) is 0 Å². The van der Waals surface area contributed by atoms with Gasteiger partial charge in [0, 0.05) is 20.0 Å². The molecule has 0 aromatic heterocycles. The predicted molar refractivity (Wildman–Crippen MR) is 61.9 cm³/mol. The van der Waals surface area contributed by atoms with Crippen molar-refractivity contribution in [3.8, 4) is 0 Å². The highest BCUT2D eigenvalue weighted by molar-refractivity contribution is 7.80. The van der Waals surface area contributed by atoms with Gasteiger partial charge in [0.2, 0.25) is 11.8 Å². The van der Waals surface area contributed by atoms with Crippen molar-refractivity contribution in [1.29, 1.82) is 0 Å². The minimum Gasteiger partial charge on any atom is -0.357 e. The molecule has 0 aromatic rings. The molecule has 1 saturated heterocycles. The highest BCUT2D eigenvalue weighted by atomic mass is 32.1. The van der Waals surface area contributed by atoms with Crippen LogP contribution in [0.3, 0.4) is 0 Å². The lowest BCUT2D eigenvalue weighted by Gasteiger charge is -2.34. The third-order valence-corrected chi connectivity index (χ3v) is 2.92. The first kappa shape index (κ1) is 12.4. The predicted octanol–water partition coefficient (Wildman–Crippen LogP) is 0.433. The highest BCUT2D eigenvalue weighted by Gasteiger charge is 2.30. The number of carbonyl (C=O) groups excluding carboxylic acids is 2. The van der Waals surface area contributed by atoms with E-state index in [1.54, 1.807) is 11.9 Å². The van der Waals surface area contributed by atoms with Crippen molar-refractivity contribution in [2.75, 3.05) is 19.3 Å². The average molecular weight is 230 g/mol. The number of thiol groups is 1. The summed E-state index contributed by atoms with van der Waals surface area (Å²) >= 11 is 4.04. The topological polar surface area (TPSA) is 49.4 Å². The average Bonchev–Trinajstić information content (AvgIpc) is 2.28. The van der Waals surface area contributed by atoms with E-state index in [1.807, 2.05) is 0 Å². The lowest BCUT2D eigenvalue weighted by Crippen LogP contribution is -2.51. The molecular weight excluding hydrogens is 212 g/mol. The normalized spacial score (nSPS) is 21.2. The summed E-state index contributed by atoms with van der Waals surface area (Å²) in [5.74, 6) is 0.524. The van der Waals surface area contributed by atoms with Crippen LogP contribution in [0.4, 0.5) is 0 Å². The van der Waals surface area contributed by atoms with Crippen LogP contribution in [0.1, 0.15) is 25.7 Å². The molecule has 0 bridgehead atoms. The second-order valence-electron chi connectivity index (χ2n) is 3.69.